The fourth-order valence-electron chi connectivity index (χ4n) is 3.34. The number of hydrogen-bond acceptors (Lipinski definition) is 4. The summed E-state index contributed by atoms with van der Waals surface area (Å²) in [7, 11) is -3.11. The van der Waals surface area contributed by atoms with Crippen molar-refractivity contribution < 1.29 is 17.6 Å². The molecule has 1 aliphatic rings. The molecule has 3 aromatic rings. The highest BCUT2D eigenvalue weighted by Gasteiger charge is 2.32. The highest BCUT2D eigenvalue weighted by molar-refractivity contribution is 7.91. The summed E-state index contributed by atoms with van der Waals surface area (Å²) >= 11 is 0. The summed E-state index contributed by atoms with van der Waals surface area (Å²) in [5, 5.41) is 7.02. The van der Waals surface area contributed by atoms with Gasteiger partial charge in [0.1, 0.15) is 5.82 Å². The molecule has 6 nitrogen and oxygen atoms in total. The summed E-state index contributed by atoms with van der Waals surface area (Å²) in [5.41, 5.74) is 1.98. The van der Waals surface area contributed by atoms with Gasteiger partial charge >= 0.3 is 0 Å². The van der Waals surface area contributed by atoms with Gasteiger partial charge in [-0.3, -0.25) is 9.48 Å². The van der Waals surface area contributed by atoms with Gasteiger partial charge in [-0.2, -0.15) is 5.10 Å². The summed E-state index contributed by atoms with van der Waals surface area (Å²) in [6, 6.07) is 16.3. The van der Waals surface area contributed by atoms with Crippen LogP contribution in [0.2, 0.25) is 0 Å². The number of nitrogens with one attached hydrogen (secondary N) is 1. The number of halogens is 1. The van der Waals surface area contributed by atoms with Gasteiger partial charge in [0.2, 0.25) is 0 Å². The van der Waals surface area contributed by atoms with E-state index in [2.05, 4.69) is 10.4 Å². The molecule has 1 atom stereocenters. The van der Waals surface area contributed by atoms with Crippen molar-refractivity contribution >= 4 is 21.4 Å². The van der Waals surface area contributed by atoms with Crippen molar-refractivity contribution in [1.29, 1.82) is 0 Å². The van der Waals surface area contributed by atoms with Gasteiger partial charge in [0, 0.05) is 5.69 Å². The van der Waals surface area contributed by atoms with E-state index < -0.39 is 21.6 Å². The van der Waals surface area contributed by atoms with Crippen LogP contribution in [0.5, 0.6) is 0 Å². The zero-order chi connectivity index (χ0) is 19.7. The summed E-state index contributed by atoms with van der Waals surface area (Å²) in [5.74, 6) is -0.831. The minimum Gasteiger partial charge on any atom is -0.320 e. The van der Waals surface area contributed by atoms with E-state index >= 15 is 0 Å². The normalized spacial score (nSPS) is 18.1. The Morgan fingerprint density at radius 2 is 1.89 bits per heavy atom. The number of hydrogen-bond donors (Lipinski definition) is 1. The van der Waals surface area contributed by atoms with E-state index in [1.165, 1.54) is 18.2 Å². The molecule has 0 radical (unpaired) electrons. The van der Waals surface area contributed by atoms with Crippen LogP contribution in [0.3, 0.4) is 0 Å². The van der Waals surface area contributed by atoms with E-state index in [1.54, 1.807) is 16.8 Å². The Kier molecular flexibility index (Phi) is 4.72. The molecule has 4 rings (SSSR count). The molecule has 144 valence electrons. The fraction of sp³-hybridized carbons (Fsp3) is 0.200. The predicted molar refractivity (Wildman–Crippen MR) is 104 cm³/mol. The maximum absolute atomic E-state index is 13.4. The molecule has 0 spiro atoms. The first kappa shape index (κ1) is 18.4. The maximum atomic E-state index is 13.4. The Morgan fingerprint density at radius 3 is 2.57 bits per heavy atom. The summed E-state index contributed by atoms with van der Waals surface area (Å²) in [6.45, 7) is 0. The van der Waals surface area contributed by atoms with Gasteiger partial charge in [0.25, 0.3) is 5.91 Å². The Bertz CT molecular complexity index is 1130. The lowest BCUT2D eigenvalue weighted by molar-refractivity contribution is 0.102. The van der Waals surface area contributed by atoms with Gasteiger partial charge in [-0.1, -0.05) is 36.4 Å². The van der Waals surface area contributed by atoms with Crippen molar-refractivity contribution in [3.63, 3.8) is 0 Å². The minimum atomic E-state index is -3.11. The lowest BCUT2D eigenvalue weighted by Crippen LogP contribution is -2.16. The highest BCUT2D eigenvalue weighted by Crippen LogP contribution is 2.30. The molecule has 1 fully saturated rings. The van der Waals surface area contributed by atoms with E-state index in [0.717, 1.165) is 5.56 Å². The molecule has 2 aromatic carbocycles. The molecule has 1 N–H and O–H groups in total. The largest absolute Gasteiger partial charge is 0.320 e. The average molecular weight is 399 g/mol. The lowest BCUT2D eigenvalue weighted by Gasteiger charge is -2.13. The van der Waals surface area contributed by atoms with Gasteiger partial charge < -0.3 is 5.32 Å². The number of carbonyl (C=O) groups is 1. The van der Waals surface area contributed by atoms with Crippen molar-refractivity contribution in [1.82, 2.24) is 9.78 Å². The molecular formula is C20H18FN3O3S. The second-order valence-electron chi connectivity index (χ2n) is 6.75. The Morgan fingerprint density at radius 1 is 1.11 bits per heavy atom. The molecule has 0 bridgehead atoms. The van der Waals surface area contributed by atoms with Crippen LogP contribution < -0.4 is 5.32 Å². The molecule has 28 heavy (non-hydrogen) atoms. The second kappa shape index (κ2) is 7.20. The van der Waals surface area contributed by atoms with Gasteiger partial charge in [-0.25, -0.2) is 12.8 Å². The summed E-state index contributed by atoms with van der Waals surface area (Å²) in [4.78, 5) is 12.6. The Labute approximate surface area is 161 Å². The van der Waals surface area contributed by atoms with Crippen molar-refractivity contribution in [2.75, 3.05) is 16.8 Å². The summed E-state index contributed by atoms with van der Waals surface area (Å²) < 4.78 is 38.8. The quantitative estimate of drug-likeness (QED) is 0.730. The molecule has 0 saturated carbocycles. The van der Waals surface area contributed by atoms with E-state index in [0.29, 0.717) is 17.8 Å². The van der Waals surface area contributed by atoms with Crippen LogP contribution in [0.15, 0.2) is 60.7 Å². The molecule has 8 heteroatoms. The first-order valence-corrected chi connectivity index (χ1v) is 10.7. The van der Waals surface area contributed by atoms with E-state index in [1.807, 2.05) is 30.3 Å². The van der Waals surface area contributed by atoms with Crippen LogP contribution in [-0.4, -0.2) is 35.6 Å². The minimum absolute atomic E-state index is 0.000527. The third-order valence-electron chi connectivity index (χ3n) is 4.67. The van der Waals surface area contributed by atoms with Crippen LogP contribution in [-0.2, 0) is 9.84 Å². The second-order valence-corrected chi connectivity index (χ2v) is 8.98. The molecule has 1 aliphatic heterocycles. The number of carbonyl (C=O) groups excluding carboxylic acids is 1. The molecule has 0 aliphatic carbocycles. The van der Waals surface area contributed by atoms with Crippen LogP contribution in [0.1, 0.15) is 23.0 Å². The first-order chi connectivity index (χ1) is 13.4. The van der Waals surface area contributed by atoms with E-state index in [4.69, 9.17) is 0 Å². The van der Waals surface area contributed by atoms with Crippen LogP contribution in [0, 0.1) is 5.82 Å². The summed E-state index contributed by atoms with van der Waals surface area (Å²) in [6.07, 6.45) is 0.453. The van der Waals surface area contributed by atoms with Crippen LogP contribution in [0.25, 0.3) is 11.3 Å². The Balaban J connectivity index is 1.70. The van der Waals surface area contributed by atoms with Crippen molar-refractivity contribution in [3.8, 4) is 11.3 Å². The lowest BCUT2D eigenvalue weighted by atomic mass is 10.1. The molecule has 1 saturated heterocycles. The molecule has 1 aromatic heterocycles. The van der Waals surface area contributed by atoms with E-state index in [9.17, 15) is 17.6 Å². The number of anilines is 1. The third kappa shape index (κ3) is 3.82. The van der Waals surface area contributed by atoms with Crippen molar-refractivity contribution in [2.24, 2.45) is 0 Å². The standard InChI is InChI=1S/C20H18FN3O3S/c21-15-7-4-8-16(11-15)22-20(25)18-12-19(14-5-2-1-3-6-14)24(23-18)17-9-10-28(26,27)13-17/h1-8,11-12,17H,9-10,13H2,(H,22,25)/t17-/m0/s1. The third-order valence-corrected chi connectivity index (χ3v) is 6.43. The number of benzene rings is 2. The van der Waals surface area contributed by atoms with Gasteiger partial charge in [-0.05, 0) is 36.2 Å². The predicted octanol–water partition coefficient (Wildman–Crippen LogP) is 3.30. The van der Waals surface area contributed by atoms with Gasteiger partial charge in [0.05, 0.1) is 23.2 Å². The molecule has 0 unspecified atom stereocenters. The van der Waals surface area contributed by atoms with Crippen LogP contribution >= 0.6 is 0 Å². The number of amides is 1. The zero-order valence-corrected chi connectivity index (χ0v) is 15.7. The number of nitrogens with zero attached hydrogens (tertiary/aromatic N) is 2. The van der Waals surface area contributed by atoms with Crippen molar-refractivity contribution in [2.45, 2.75) is 12.5 Å². The van der Waals surface area contributed by atoms with Crippen molar-refractivity contribution in [3.05, 3.63) is 72.2 Å². The Hall–Kier alpha value is -3.00. The molecule has 2 heterocycles. The van der Waals surface area contributed by atoms with Gasteiger partial charge in [-0.15, -0.1) is 0 Å². The topological polar surface area (TPSA) is 81.1 Å². The SMILES string of the molecule is O=C(Nc1cccc(F)c1)c1cc(-c2ccccc2)n([C@H]2CCS(=O)(=O)C2)n1. The molecule has 1 amide bonds. The fourth-order valence-corrected chi connectivity index (χ4v) is 5.03. The monoisotopic (exact) mass is 399 g/mol. The maximum Gasteiger partial charge on any atom is 0.276 e. The average Bonchev–Trinajstić information content (AvgIpc) is 3.26. The first-order valence-electron chi connectivity index (χ1n) is 8.84. The number of aromatic nitrogens is 2. The van der Waals surface area contributed by atoms with E-state index in [-0.39, 0.29) is 23.2 Å². The smallest absolute Gasteiger partial charge is 0.276 e. The molecular weight excluding hydrogens is 381 g/mol. The number of sulfone groups is 1. The van der Waals surface area contributed by atoms with Gasteiger partial charge in [0.15, 0.2) is 15.5 Å². The van der Waals surface area contributed by atoms with Crippen LogP contribution in [0.4, 0.5) is 10.1 Å². The number of rotatable bonds is 4. The zero-order valence-electron chi connectivity index (χ0n) is 14.9. The highest BCUT2D eigenvalue weighted by atomic mass is 32.2.